The number of aromatic nitrogens is 1. The lowest BCUT2D eigenvalue weighted by Crippen LogP contribution is -2.60. The van der Waals surface area contributed by atoms with Gasteiger partial charge in [-0.2, -0.15) is 5.26 Å². The molecule has 0 radical (unpaired) electrons. The van der Waals surface area contributed by atoms with Crippen LogP contribution in [0.4, 0.5) is 0 Å². The van der Waals surface area contributed by atoms with E-state index >= 15 is 0 Å². The first-order valence-corrected chi connectivity index (χ1v) is 12.8. The Hall–Kier alpha value is -4.08. The first-order valence-electron chi connectivity index (χ1n) is 12.4. The van der Waals surface area contributed by atoms with Crippen LogP contribution in [0, 0.1) is 29.8 Å². The monoisotopic (exact) mass is 570 g/mol. The average Bonchev–Trinajstić information content (AvgIpc) is 2.87. The molecule has 0 spiro atoms. The first-order chi connectivity index (χ1) is 18.9. The molecule has 11 nitrogen and oxygen atoms in total. The highest BCUT2D eigenvalue weighted by atomic mass is 32.1. The zero-order valence-electron chi connectivity index (χ0n) is 23.0. The number of hydrogen-bond acceptors (Lipinski definition) is 11. The van der Waals surface area contributed by atoms with E-state index in [0.717, 1.165) is 20.8 Å². The minimum Gasteiger partial charge on any atom is -0.463 e. The minimum atomic E-state index is -1.39. The number of esters is 4. The van der Waals surface area contributed by atoms with Crippen LogP contribution in [0.5, 0.6) is 0 Å². The van der Waals surface area contributed by atoms with Gasteiger partial charge in [-0.05, 0) is 30.5 Å². The van der Waals surface area contributed by atoms with Gasteiger partial charge in [0, 0.05) is 27.7 Å². The van der Waals surface area contributed by atoms with Gasteiger partial charge in [0.1, 0.15) is 23.4 Å². The van der Waals surface area contributed by atoms with Crippen LogP contribution in [-0.4, -0.2) is 59.5 Å². The molecule has 1 aliphatic rings. The number of ether oxygens (including phenoxy) is 5. The summed E-state index contributed by atoms with van der Waals surface area (Å²) in [5.74, 6) is -2.87. The predicted octanol–water partition coefficient (Wildman–Crippen LogP) is 3.63. The molecule has 212 valence electrons. The van der Waals surface area contributed by atoms with E-state index in [1.807, 2.05) is 37.3 Å². The molecule has 0 saturated carbocycles. The summed E-state index contributed by atoms with van der Waals surface area (Å²) in [5, 5.41) is 9.99. The van der Waals surface area contributed by atoms with Crippen LogP contribution in [-0.2, 0) is 42.9 Å². The molecule has 0 bridgehead atoms. The first kappa shape index (κ1) is 30.5. The lowest BCUT2D eigenvalue weighted by atomic mass is 9.94. The highest BCUT2D eigenvalue weighted by molar-refractivity contribution is 7.71. The third-order valence-electron chi connectivity index (χ3n) is 6.35. The van der Waals surface area contributed by atoms with Crippen LogP contribution in [0.3, 0.4) is 0 Å². The summed E-state index contributed by atoms with van der Waals surface area (Å²) >= 11 is 5.79. The van der Waals surface area contributed by atoms with E-state index in [9.17, 15) is 24.4 Å². The van der Waals surface area contributed by atoms with Crippen LogP contribution in [0.15, 0.2) is 30.3 Å². The SMILES string of the molecule is CC(=O)OC[C@@H]1O[C@H](n2c(-c3ccccc3)c(C)c(C)c(C#N)c2=S)[C@@H](OC(C)=O)[C@H](OC(C)=O)[C@@H]1OC(C)=O. The number of pyridine rings is 1. The Morgan fingerprint density at radius 3 is 1.95 bits per heavy atom. The molecule has 1 aromatic heterocycles. The summed E-state index contributed by atoms with van der Waals surface area (Å²) in [6.07, 6.45) is -6.57. The van der Waals surface area contributed by atoms with Gasteiger partial charge in [-0.1, -0.05) is 42.5 Å². The Balaban J connectivity index is 2.38. The number of hydrogen-bond donors (Lipinski definition) is 0. The summed E-state index contributed by atoms with van der Waals surface area (Å²) in [6.45, 7) is 7.84. The largest absolute Gasteiger partial charge is 0.463 e. The molecule has 1 aromatic carbocycles. The fourth-order valence-electron chi connectivity index (χ4n) is 4.67. The van der Waals surface area contributed by atoms with Crippen molar-refractivity contribution in [2.45, 2.75) is 72.2 Å². The van der Waals surface area contributed by atoms with Crippen molar-refractivity contribution in [3.8, 4) is 17.3 Å². The fourth-order valence-corrected chi connectivity index (χ4v) is 5.06. The van der Waals surface area contributed by atoms with E-state index in [-0.39, 0.29) is 10.2 Å². The number of benzene rings is 1. The van der Waals surface area contributed by atoms with Crippen molar-refractivity contribution in [3.05, 3.63) is 51.7 Å². The minimum absolute atomic E-state index is 0.0744. The van der Waals surface area contributed by atoms with Crippen molar-refractivity contribution in [2.24, 2.45) is 0 Å². The van der Waals surface area contributed by atoms with Crippen molar-refractivity contribution >= 4 is 36.1 Å². The zero-order valence-corrected chi connectivity index (χ0v) is 23.8. The quantitative estimate of drug-likeness (QED) is 0.273. The Morgan fingerprint density at radius 1 is 0.875 bits per heavy atom. The summed E-state index contributed by atoms with van der Waals surface area (Å²) in [4.78, 5) is 48.4. The zero-order chi connectivity index (χ0) is 29.7. The second-order valence-corrected chi connectivity index (χ2v) is 9.60. The van der Waals surface area contributed by atoms with Crippen LogP contribution >= 0.6 is 12.2 Å². The Kier molecular flexibility index (Phi) is 9.78. The summed E-state index contributed by atoms with van der Waals surface area (Å²) in [7, 11) is 0. The van der Waals surface area contributed by atoms with E-state index in [2.05, 4.69) is 6.07 Å². The average molecular weight is 571 g/mol. The Bertz CT molecular complexity index is 1410. The molecule has 3 rings (SSSR count). The van der Waals surface area contributed by atoms with Crippen molar-refractivity contribution in [2.75, 3.05) is 6.61 Å². The van der Waals surface area contributed by atoms with Gasteiger partial charge in [-0.3, -0.25) is 19.2 Å². The van der Waals surface area contributed by atoms with Gasteiger partial charge in [0.15, 0.2) is 24.5 Å². The van der Waals surface area contributed by atoms with Gasteiger partial charge in [0.25, 0.3) is 0 Å². The Morgan fingerprint density at radius 2 is 1.43 bits per heavy atom. The second kappa shape index (κ2) is 12.8. The summed E-state index contributed by atoms with van der Waals surface area (Å²) in [5.41, 5.74) is 2.81. The van der Waals surface area contributed by atoms with E-state index in [1.54, 1.807) is 6.92 Å². The molecular formula is C28H30N2O9S. The van der Waals surface area contributed by atoms with Crippen molar-refractivity contribution in [1.29, 1.82) is 5.26 Å². The van der Waals surface area contributed by atoms with Gasteiger partial charge in [-0.15, -0.1) is 0 Å². The number of carbonyl (C=O) groups excluding carboxylic acids is 4. The number of rotatable bonds is 7. The molecular weight excluding hydrogens is 540 g/mol. The lowest BCUT2D eigenvalue weighted by Gasteiger charge is -2.45. The topological polar surface area (TPSA) is 143 Å². The van der Waals surface area contributed by atoms with Gasteiger partial charge >= 0.3 is 23.9 Å². The molecule has 2 heterocycles. The van der Waals surface area contributed by atoms with Crippen molar-refractivity contribution < 1.29 is 42.9 Å². The van der Waals surface area contributed by atoms with Gasteiger partial charge in [0.2, 0.25) is 0 Å². The molecule has 1 saturated heterocycles. The molecule has 0 aliphatic carbocycles. The standard InChI is InChI=1S/C28H30N2O9S/c1-14-15(2)23(20-10-8-7-9-11-20)30(28(40)21(14)12-29)27-26(38-19(6)34)25(37-18(5)33)24(36-17(4)32)22(39-27)13-35-16(3)31/h7-11,22,24-27H,13H2,1-6H3/t22-,24+,25+,26-,27-/m0/s1. The third kappa shape index (κ3) is 6.55. The molecule has 0 amide bonds. The normalized spacial score (nSPS) is 22.0. The molecule has 2 aromatic rings. The molecule has 12 heteroatoms. The number of nitrogens with zero attached hydrogens (tertiary/aromatic N) is 2. The molecule has 0 N–H and O–H groups in total. The maximum Gasteiger partial charge on any atom is 0.303 e. The molecule has 5 atom stereocenters. The number of carbonyl (C=O) groups is 4. The van der Waals surface area contributed by atoms with E-state index in [0.29, 0.717) is 22.4 Å². The van der Waals surface area contributed by atoms with E-state index < -0.39 is 61.1 Å². The maximum atomic E-state index is 12.3. The number of nitriles is 1. The van der Waals surface area contributed by atoms with Crippen LogP contribution in [0.2, 0.25) is 0 Å². The molecule has 0 unspecified atom stereocenters. The molecule has 40 heavy (non-hydrogen) atoms. The van der Waals surface area contributed by atoms with Crippen molar-refractivity contribution in [1.82, 2.24) is 4.57 Å². The predicted molar refractivity (Wildman–Crippen MR) is 142 cm³/mol. The summed E-state index contributed by atoms with van der Waals surface area (Å²) < 4.78 is 29.9. The maximum absolute atomic E-state index is 12.3. The van der Waals surface area contributed by atoms with Crippen LogP contribution < -0.4 is 0 Å². The van der Waals surface area contributed by atoms with Gasteiger partial charge in [-0.25, -0.2) is 0 Å². The smallest absolute Gasteiger partial charge is 0.303 e. The van der Waals surface area contributed by atoms with E-state index in [1.165, 1.54) is 11.5 Å². The molecule has 1 aliphatic heterocycles. The van der Waals surface area contributed by atoms with Crippen LogP contribution in [0.1, 0.15) is 50.6 Å². The summed E-state index contributed by atoms with van der Waals surface area (Å²) in [6, 6.07) is 11.3. The van der Waals surface area contributed by atoms with Gasteiger partial charge < -0.3 is 28.3 Å². The third-order valence-corrected chi connectivity index (χ3v) is 6.75. The molecule has 1 fully saturated rings. The fraction of sp³-hybridized carbons (Fsp3) is 0.429. The van der Waals surface area contributed by atoms with Crippen LogP contribution in [0.25, 0.3) is 11.3 Å². The Labute approximate surface area is 236 Å². The highest BCUT2D eigenvalue weighted by Crippen LogP contribution is 2.39. The van der Waals surface area contributed by atoms with Gasteiger partial charge in [0.05, 0.1) is 11.3 Å². The van der Waals surface area contributed by atoms with E-state index in [4.69, 9.17) is 35.9 Å². The lowest BCUT2D eigenvalue weighted by molar-refractivity contribution is -0.268. The highest BCUT2D eigenvalue weighted by Gasteiger charge is 2.53. The second-order valence-electron chi connectivity index (χ2n) is 9.22. The van der Waals surface area contributed by atoms with Crippen molar-refractivity contribution in [3.63, 3.8) is 0 Å².